The lowest BCUT2D eigenvalue weighted by Crippen LogP contribution is -2.24. The van der Waals surface area contributed by atoms with E-state index in [4.69, 9.17) is 32.5 Å². The summed E-state index contributed by atoms with van der Waals surface area (Å²) in [7, 11) is 1.54. The molecule has 0 amide bonds. The largest absolute Gasteiger partial charge is 0.434 e. The van der Waals surface area contributed by atoms with Crippen molar-refractivity contribution >= 4 is 23.2 Å². The van der Waals surface area contributed by atoms with Crippen LogP contribution in [0.4, 0.5) is 0 Å². The van der Waals surface area contributed by atoms with E-state index in [0.717, 1.165) is 0 Å². The van der Waals surface area contributed by atoms with Crippen LogP contribution in [0.1, 0.15) is 25.3 Å². The molecule has 26 heavy (non-hydrogen) atoms. The first-order valence-electron chi connectivity index (χ1n) is 7.70. The lowest BCUT2D eigenvalue weighted by Gasteiger charge is -2.13. The number of hydrogen-bond donors (Lipinski definition) is 1. The molecule has 3 rings (SSSR count). The first-order chi connectivity index (χ1) is 12.3. The second-order valence-electron chi connectivity index (χ2n) is 5.97. The molecule has 0 bridgehead atoms. The number of halogens is 2. The number of H-pyrrole nitrogens is 1. The number of aromatic nitrogens is 3. The number of aromatic amines is 1. The maximum Gasteiger partial charge on any atom is 0.280 e. The Kier molecular flexibility index (Phi) is 4.93. The van der Waals surface area contributed by atoms with Gasteiger partial charge in [-0.05, 0) is 18.1 Å². The highest BCUT2D eigenvalue weighted by molar-refractivity contribution is 6.37. The van der Waals surface area contributed by atoms with Gasteiger partial charge in [0, 0.05) is 24.2 Å². The van der Waals surface area contributed by atoms with Gasteiger partial charge in [-0.3, -0.25) is 9.59 Å². The molecule has 0 atom stereocenters. The zero-order chi connectivity index (χ0) is 19.0. The predicted octanol–water partition coefficient (Wildman–Crippen LogP) is 3.95. The van der Waals surface area contributed by atoms with Crippen LogP contribution < -0.4 is 15.9 Å². The number of benzene rings is 1. The van der Waals surface area contributed by atoms with Crippen molar-refractivity contribution < 1.29 is 9.26 Å². The predicted molar refractivity (Wildman–Crippen MR) is 98.4 cm³/mol. The Hall–Kier alpha value is -2.51. The molecule has 0 saturated carbocycles. The molecule has 3 aromatic rings. The van der Waals surface area contributed by atoms with E-state index in [2.05, 4.69) is 10.3 Å². The molecule has 9 heteroatoms. The monoisotopic (exact) mass is 395 g/mol. The zero-order valence-corrected chi connectivity index (χ0v) is 15.7. The number of aryl methyl sites for hydroxylation is 1. The Morgan fingerprint density at radius 1 is 1.15 bits per heavy atom. The molecule has 0 saturated heterocycles. The minimum absolute atomic E-state index is 0.00357. The summed E-state index contributed by atoms with van der Waals surface area (Å²) in [5.74, 6) is 0.688. The summed E-state index contributed by atoms with van der Waals surface area (Å²) in [5.41, 5.74) is 0.517. The summed E-state index contributed by atoms with van der Waals surface area (Å²) in [5, 5.41) is 6.69. The van der Waals surface area contributed by atoms with Crippen molar-refractivity contribution in [2.45, 2.75) is 19.8 Å². The third kappa shape index (κ3) is 3.54. The van der Waals surface area contributed by atoms with Crippen LogP contribution in [0.25, 0.3) is 11.3 Å². The fourth-order valence-electron chi connectivity index (χ4n) is 2.40. The van der Waals surface area contributed by atoms with Crippen LogP contribution in [0.3, 0.4) is 0 Å². The molecular weight excluding hydrogens is 381 g/mol. The van der Waals surface area contributed by atoms with Gasteiger partial charge in [0.15, 0.2) is 11.5 Å². The normalized spacial score (nSPS) is 11.2. The maximum atomic E-state index is 12.1. The van der Waals surface area contributed by atoms with Gasteiger partial charge in [0.05, 0.1) is 16.1 Å². The summed E-state index contributed by atoms with van der Waals surface area (Å²) in [4.78, 5) is 23.3. The van der Waals surface area contributed by atoms with Crippen molar-refractivity contribution in [1.82, 2.24) is 14.9 Å². The van der Waals surface area contributed by atoms with Crippen molar-refractivity contribution in [1.29, 1.82) is 0 Å². The van der Waals surface area contributed by atoms with Crippen LogP contribution in [0.15, 0.2) is 38.4 Å². The van der Waals surface area contributed by atoms with Gasteiger partial charge in [-0.1, -0.05) is 37.0 Å². The highest BCUT2D eigenvalue weighted by Crippen LogP contribution is 2.39. The molecule has 0 spiro atoms. The first kappa shape index (κ1) is 18.3. The standard InChI is InChI=1S/C17H15Cl2N3O4/c1-8(2)10-6-15(20-22(3)17(10)24)25-16-11(18)4-9(5-12(16)19)13-7-14(23)21-26-13/h4-8H,1-3H3,(H,21,23). The minimum Gasteiger partial charge on any atom is -0.434 e. The van der Waals surface area contributed by atoms with E-state index in [1.54, 1.807) is 25.2 Å². The molecule has 7 nitrogen and oxygen atoms in total. The third-order valence-corrected chi connectivity index (χ3v) is 4.27. The van der Waals surface area contributed by atoms with Crippen LogP contribution in [0, 0.1) is 0 Å². The third-order valence-electron chi connectivity index (χ3n) is 3.70. The smallest absolute Gasteiger partial charge is 0.280 e. The van der Waals surface area contributed by atoms with Crippen molar-refractivity contribution in [3.8, 4) is 23.0 Å². The SMILES string of the molecule is CC(C)c1cc(Oc2c(Cl)cc(-c3cc(=O)[nH]o3)cc2Cl)nn(C)c1=O. The molecule has 0 aliphatic rings. The summed E-state index contributed by atoms with van der Waals surface area (Å²) in [6.07, 6.45) is 0. The fraction of sp³-hybridized carbons (Fsp3) is 0.235. The van der Waals surface area contributed by atoms with Crippen molar-refractivity contribution in [3.63, 3.8) is 0 Å². The van der Waals surface area contributed by atoms with Gasteiger partial charge in [0.25, 0.3) is 11.1 Å². The van der Waals surface area contributed by atoms with Crippen molar-refractivity contribution in [2.24, 2.45) is 7.05 Å². The van der Waals surface area contributed by atoms with Crippen LogP contribution in [-0.2, 0) is 7.05 Å². The molecule has 1 N–H and O–H groups in total. The average Bonchev–Trinajstić information content (AvgIpc) is 3.00. The van der Waals surface area contributed by atoms with Gasteiger partial charge in [-0.15, -0.1) is 5.10 Å². The second-order valence-corrected chi connectivity index (χ2v) is 6.78. The van der Waals surface area contributed by atoms with E-state index >= 15 is 0 Å². The van der Waals surface area contributed by atoms with E-state index in [-0.39, 0.29) is 38.7 Å². The molecule has 2 aromatic heterocycles. The van der Waals surface area contributed by atoms with Crippen LogP contribution in [0.5, 0.6) is 11.6 Å². The van der Waals surface area contributed by atoms with Crippen LogP contribution in [-0.4, -0.2) is 14.9 Å². The molecule has 2 heterocycles. The Labute approximate surface area is 158 Å². The topological polar surface area (TPSA) is 90.1 Å². The van der Waals surface area contributed by atoms with Gasteiger partial charge < -0.3 is 9.26 Å². The summed E-state index contributed by atoms with van der Waals surface area (Å²) in [6.45, 7) is 3.81. The Morgan fingerprint density at radius 2 is 1.81 bits per heavy atom. The molecule has 0 aliphatic heterocycles. The fourth-order valence-corrected chi connectivity index (χ4v) is 2.96. The Bertz CT molecular complexity index is 1060. The van der Waals surface area contributed by atoms with Crippen molar-refractivity contribution in [2.75, 3.05) is 0 Å². The highest BCUT2D eigenvalue weighted by Gasteiger charge is 2.17. The highest BCUT2D eigenvalue weighted by atomic mass is 35.5. The Morgan fingerprint density at radius 3 is 2.35 bits per heavy atom. The molecule has 1 aromatic carbocycles. The maximum absolute atomic E-state index is 12.1. The summed E-state index contributed by atoms with van der Waals surface area (Å²) in [6, 6.07) is 5.96. The average molecular weight is 396 g/mol. The molecule has 0 fully saturated rings. The molecule has 0 aliphatic carbocycles. The number of nitrogens with zero attached hydrogens (tertiary/aromatic N) is 2. The number of nitrogens with one attached hydrogen (secondary N) is 1. The van der Waals surface area contributed by atoms with Gasteiger partial charge >= 0.3 is 0 Å². The van der Waals surface area contributed by atoms with Gasteiger partial charge in [-0.25, -0.2) is 4.68 Å². The van der Waals surface area contributed by atoms with E-state index in [0.29, 0.717) is 16.9 Å². The molecule has 136 valence electrons. The van der Waals surface area contributed by atoms with E-state index in [1.165, 1.54) is 10.7 Å². The van der Waals surface area contributed by atoms with Crippen LogP contribution >= 0.6 is 23.2 Å². The van der Waals surface area contributed by atoms with E-state index in [9.17, 15) is 9.59 Å². The summed E-state index contributed by atoms with van der Waals surface area (Å²) < 4.78 is 12.0. The Balaban J connectivity index is 2.01. The number of rotatable bonds is 4. The first-order valence-corrected chi connectivity index (χ1v) is 8.46. The summed E-state index contributed by atoms with van der Waals surface area (Å²) >= 11 is 12.6. The van der Waals surface area contributed by atoms with Gasteiger partial charge in [0.1, 0.15) is 0 Å². The molecular formula is C17H15Cl2N3O4. The van der Waals surface area contributed by atoms with E-state index < -0.39 is 0 Å². The quantitative estimate of drug-likeness (QED) is 0.721. The zero-order valence-electron chi connectivity index (χ0n) is 14.2. The van der Waals surface area contributed by atoms with E-state index in [1.807, 2.05) is 13.8 Å². The minimum atomic E-state index is -0.372. The van der Waals surface area contributed by atoms with Gasteiger partial charge in [-0.2, -0.15) is 5.16 Å². The lowest BCUT2D eigenvalue weighted by molar-refractivity contribution is 0.425. The number of hydrogen-bond acceptors (Lipinski definition) is 5. The van der Waals surface area contributed by atoms with Crippen LogP contribution in [0.2, 0.25) is 10.0 Å². The van der Waals surface area contributed by atoms with Crippen molar-refractivity contribution in [3.05, 3.63) is 60.6 Å². The molecule has 0 unspecified atom stereocenters. The lowest BCUT2D eigenvalue weighted by atomic mass is 10.1. The number of ether oxygens (including phenoxy) is 1. The van der Waals surface area contributed by atoms with Gasteiger partial charge in [0.2, 0.25) is 5.88 Å². The molecule has 0 radical (unpaired) electrons. The second kappa shape index (κ2) is 7.01.